The Labute approximate surface area is 139 Å². The average Bonchev–Trinajstić information content (AvgIpc) is 2.53. The average molecular weight is 354 g/mol. The van der Waals surface area contributed by atoms with Gasteiger partial charge in [-0.05, 0) is 24.6 Å². The molecule has 1 N–H and O–H groups in total. The van der Waals surface area contributed by atoms with E-state index in [1.807, 2.05) is 30.3 Å². The zero-order valence-electron chi connectivity index (χ0n) is 12.5. The number of para-hydroxylation sites is 1. The van der Waals surface area contributed by atoms with Crippen LogP contribution >= 0.6 is 18.1 Å². The third-order valence-electron chi connectivity index (χ3n) is 2.89. The van der Waals surface area contributed by atoms with E-state index in [0.29, 0.717) is 5.75 Å². The number of carbonyl (C=O) groups is 1. The predicted octanol–water partition coefficient (Wildman–Crippen LogP) is 4.13. The zero-order valence-corrected chi connectivity index (χ0v) is 14.2. The Balaban J connectivity index is 1.86. The van der Waals surface area contributed by atoms with Gasteiger partial charge >= 0.3 is 12.8 Å². The Morgan fingerprint density at radius 3 is 2.30 bits per heavy atom. The van der Waals surface area contributed by atoms with Crippen molar-refractivity contribution in [1.29, 1.82) is 0 Å². The molecule has 0 spiro atoms. The van der Waals surface area contributed by atoms with Gasteiger partial charge in [0, 0.05) is 11.2 Å². The SMILES string of the molecule is CC(NP(=O)(Cl)Oc1ccccc1)C(=O)OCc1ccccc1. The van der Waals surface area contributed by atoms with Crippen LogP contribution in [0.4, 0.5) is 0 Å². The van der Waals surface area contributed by atoms with Crippen LogP contribution in [0.15, 0.2) is 60.7 Å². The molecule has 0 saturated heterocycles. The van der Waals surface area contributed by atoms with Crippen LogP contribution in [0.2, 0.25) is 0 Å². The van der Waals surface area contributed by atoms with Crippen LogP contribution in [0.3, 0.4) is 0 Å². The summed E-state index contributed by atoms with van der Waals surface area (Å²) in [5.74, 6) is -0.213. The Morgan fingerprint density at radius 1 is 1.13 bits per heavy atom. The highest BCUT2D eigenvalue weighted by Gasteiger charge is 2.28. The predicted molar refractivity (Wildman–Crippen MR) is 89.4 cm³/mol. The number of esters is 1. The van der Waals surface area contributed by atoms with Crippen LogP contribution in [0.1, 0.15) is 12.5 Å². The number of ether oxygens (including phenoxy) is 1. The van der Waals surface area contributed by atoms with E-state index >= 15 is 0 Å². The molecule has 5 nitrogen and oxygen atoms in total. The number of nitrogens with one attached hydrogen (secondary N) is 1. The standard InChI is InChI=1S/C16H17ClNO4P/c1-13(16(19)21-12-14-8-4-2-5-9-14)18-23(17,20)22-15-10-6-3-7-11-15/h2-11,13H,12H2,1H3,(H,18,20). The van der Waals surface area contributed by atoms with Crippen LogP contribution in [0, 0.1) is 0 Å². The molecule has 0 aliphatic carbocycles. The van der Waals surface area contributed by atoms with E-state index in [1.54, 1.807) is 30.3 Å². The van der Waals surface area contributed by atoms with Crippen LogP contribution in [-0.4, -0.2) is 12.0 Å². The Bertz CT molecular complexity index is 681. The number of carbonyl (C=O) groups excluding carboxylic acids is 1. The molecule has 2 atom stereocenters. The topological polar surface area (TPSA) is 64.6 Å². The summed E-state index contributed by atoms with van der Waals surface area (Å²) in [6.07, 6.45) is 0. The van der Waals surface area contributed by atoms with E-state index < -0.39 is 18.9 Å². The lowest BCUT2D eigenvalue weighted by Crippen LogP contribution is -2.33. The molecule has 23 heavy (non-hydrogen) atoms. The Morgan fingerprint density at radius 2 is 1.70 bits per heavy atom. The summed E-state index contributed by atoms with van der Waals surface area (Å²) in [6, 6.07) is 16.9. The molecule has 0 aliphatic heterocycles. The molecule has 0 fully saturated rings. The first-order chi connectivity index (χ1) is 11.0. The van der Waals surface area contributed by atoms with Crippen LogP contribution in [0.25, 0.3) is 0 Å². The van der Waals surface area contributed by atoms with Gasteiger partial charge in [-0.2, -0.15) is 0 Å². The Hall–Kier alpha value is -1.81. The number of rotatable bonds is 7. The van der Waals surface area contributed by atoms with E-state index in [2.05, 4.69) is 5.09 Å². The smallest absolute Gasteiger partial charge is 0.409 e. The summed E-state index contributed by atoms with van der Waals surface area (Å²) in [5.41, 5.74) is 0.864. The summed E-state index contributed by atoms with van der Waals surface area (Å²) in [6.45, 7) is -2.05. The number of hydrogen-bond acceptors (Lipinski definition) is 4. The first-order valence-electron chi connectivity index (χ1n) is 6.99. The van der Waals surface area contributed by atoms with Gasteiger partial charge in [-0.25, -0.2) is 9.65 Å². The van der Waals surface area contributed by atoms with E-state index in [4.69, 9.17) is 20.5 Å². The lowest BCUT2D eigenvalue weighted by Gasteiger charge is -2.18. The van der Waals surface area contributed by atoms with Gasteiger partial charge in [0.05, 0.1) is 0 Å². The van der Waals surface area contributed by atoms with Gasteiger partial charge in [-0.3, -0.25) is 4.79 Å². The number of benzene rings is 2. The summed E-state index contributed by atoms with van der Waals surface area (Å²) in [5, 5.41) is 2.46. The van der Waals surface area contributed by atoms with Crippen molar-refractivity contribution in [2.24, 2.45) is 0 Å². The molecular formula is C16H17ClNO4P. The van der Waals surface area contributed by atoms with Crippen LogP contribution in [-0.2, 0) is 20.7 Å². The van der Waals surface area contributed by atoms with Crippen molar-refractivity contribution in [1.82, 2.24) is 5.09 Å². The second-order valence-electron chi connectivity index (χ2n) is 4.83. The van der Waals surface area contributed by atoms with E-state index in [0.717, 1.165) is 5.56 Å². The molecule has 2 unspecified atom stereocenters. The third-order valence-corrected chi connectivity index (χ3v) is 4.53. The molecule has 2 aromatic rings. The first-order valence-corrected chi connectivity index (χ1v) is 9.52. The summed E-state index contributed by atoms with van der Waals surface area (Å²) >= 11 is 5.84. The maximum Gasteiger partial charge on any atom is 0.409 e. The minimum Gasteiger partial charge on any atom is -0.460 e. The minimum atomic E-state index is -3.70. The monoisotopic (exact) mass is 353 g/mol. The highest BCUT2D eigenvalue weighted by atomic mass is 35.7. The molecule has 0 aliphatic rings. The van der Waals surface area contributed by atoms with E-state index in [-0.39, 0.29) is 6.61 Å². The fourth-order valence-corrected chi connectivity index (χ4v) is 3.47. The summed E-state index contributed by atoms with van der Waals surface area (Å²) in [4.78, 5) is 11.9. The van der Waals surface area contributed by atoms with Crippen molar-refractivity contribution < 1.29 is 18.6 Å². The highest BCUT2D eigenvalue weighted by molar-refractivity contribution is 7.84. The fourth-order valence-electron chi connectivity index (χ4n) is 1.78. The molecule has 7 heteroatoms. The molecule has 0 aromatic heterocycles. The molecular weight excluding hydrogens is 337 g/mol. The molecule has 0 heterocycles. The highest BCUT2D eigenvalue weighted by Crippen LogP contribution is 2.48. The normalized spacial score (nSPS) is 14.5. The van der Waals surface area contributed by atoms with E-state index in [1.165, 1.54) is 6.92 Å². The van der Waals surface area contributed by atoms with Gasteiger partial charge in [0.25, 0.3) is 0 Å². The van der Waals surface area contributed by atoms with Crippen molar-refractivity contribution in [2.75, 3.05) is 0 Å². The van der Waals surface area contributed by atoms with Gasteiger partial charge < -0.3 is 9.26 Å². The Kier molecular flexibility index (Phi) is 6.22. The minimum absolute atomic E-state index is 0.137. The van der Waals surface area contributed by atoms with Crippen molar-refractivity contribution in [3.63, 3.8) is 0 Å². The lowest BCUT2D eigenvalue weighted by molar-refractivity contribution is -0.146. The van der Waals surface area contributed by atoms with Gasteiger partial charge in [-0.1, -0.05) is 48.5 Å². The molecule has 0 bridgehead atoms. The first kappa shape index (κ1) is 17.5. The molecule has 0 saturated carbocycles. The van der Waals surface area contributed by atoms with Crippen molar-refractivity contribution in [3.05, 3.63) is 66.2 Å². The molecule has 2 aromatic carbocycles. The van der Waals surface area contributed by atoms with Crippen molar-refractivity contribution in [3.8, 4) is 5.75 Å². The molecule has 2 rings (SSSR count). The largest absolute Gasteiger partial charge is 0.460 e. The quantitative estimate of drug-likeness (QED) is 0.599. The summed E-state index contributed by atoms with van der Waals surface area (Å²) < 4.78 is 22.5. The second-order valence-corrected chi connectivity index (χ2v) is 7.56. The second kappa shape index (κ2) is 8.16. The maximum atomic E-state index is 12.2. The molecule has 0 amide bonds. The number of halogens is 1. The van der Waals surface area contributed by atoms with Crippen LogP contribution < -0.4 is 9.61 Å². The third kappa shape index (κ3) is 6.06. The maximum absolute atomic E-state index is 12.2. The van der Waals surface area contributed by atoms with Crippen molar-refractivity contribution in [2.45, 2.75) is 19.6 Å². The molecule has 0 radical (unpaired) electrons. The fraction of sp³-hybridized carbons (Fsp3) is 0.188. The van der Waals surface area contributed by atoms with E-state index in [9.17, 15) is 9.36 Å². The number of hydrogen-bond donors (Lipinski definition) is 1. The van der Waals surface area contributed by atoms with Crippen LogP contribution in [0.5, 0.6) is 5.75 Å². The molecule has 122 valence electrons. The zero-order chi connectivity index (χ0) is 16.7. The van der Waals surface area contributed by atoms with Gasteiger partial charge in [0.2, 0.25) is 0 Å². The summed E-state index contributed by atoms with van der Waals surface area (Å²) in [7, 11) is 0. The van der Waals surface area contributed by atoms with Gasteiger partial charge in [-0.15, -0.1) is 0 Å². The van der Waals surface area contributed by atoms with Crippen molar-refractivity contribution >= 4 is 24.1 Å². The van der Waals surface area contributed by atoms with Gasteiger partial charge in [0.1, 0.15) is 18.4 Å². The lowest BCUT2D eigenvalue weighted by atomic mass is 10.2. The van der Waals surface area contributed by atoms with Gasteiger partial charge in [0.15, 0.2) is 0 Å².